The van der Waals surface area contributed by atoms with E-state index in [1.807, 2.05) is 16.8 Å². The molecule has 4 N–H and O–H groups in total. The Morgan fingerprint density at radius 3 is 2.68 bits per heavy atom. The standard InChI is InChI=1S/C23H29FN4O3/c1-15(2)13-28-21-9-16(11-23(30)27-19(14-29)7-8-25)22(10-17(21)12-26-28)31-20-5-3-18(24)4-6-20/h3-6,9-10,12,15,19,29H,7-8,11,13-14,25H2,1-2H3,(H,27,30)/t19-/m0/s1. The first-order chi connectivity index (χ1) is 14.9. The number of fused-ring (bicyclic) bond motifs is 1. The van der Waals surface area contributed by atoms with Gasteiger partial charge < -0.3 is 20.9 Å². The first-order valence-corrected chi connectivity index (χ1v) is 10.4. The highest BCUT2D eigenvalue weighted by Crippen LogP contribution is 2.31. The van der Waals surface area contributed by atoms with E-state index in [4.69, 9.17) is 10.5 Å². The second kappa shape index (κ2) is 10.4. The minimum atomic E-state index is -0.394. The molecule has 166 valence electrons. The second-order valence-corrected chi connectivity index (χ2v) is 8.00. The van der Waals surface area contributed by atoms with Crippen LogP contribution in [-0.4, -0.2) is 40.0 Å². The summed E-state index contributed by atoms with van der Waals surface area (Å²) in [6.45, 7) is 5.16. The molecule has 3 rings (SSSR count). The van der Waals surface area contributed by atoms with Gasteiger partial charge in [0.2, 0.25) is 5.91 Å². The van der Waals surface area contributed by atoms with Gasteiger partial charge in [-0.3, -0.25) is 9.48 Å². The van der Waals surface area contributed by atoms with Crippen LogP contribution in [0.3, 0.4) is 0 Å². The second-order valence-electron chi connectivity index (χ2n) is 8.00. The molecule has 0 saturated carbocycles. The predicted molar refractivity (Wildman–Crippen MR) is 117 cm³/mol. The average Bonchev–Trinajstić information content (AvgIpc) is 3.10. The lowest BCUT2D eigenvalue weighted by atomic mass is 10.1. The predicted octanol–water partition coefficient (Wildman–Crippen LogP) is 2.99. The van der Waals surface area contributed by atoms with Gasteiger partial charge in [0.1, 0.15) is 17.3 Å². The molecule has 8 heteroatoms. The van der Waals surface area contributed by atoms with Crippen LogP contribution in [-0.2, 0) is 17.8 Å². The molecule has 0 radical (unpaired) electrons. The molecular formula is C23H29FN4O3. The third kappa shape index (κ3) is 6.02. The summed E-state index contributed by atoms with van der Waals surface area (Å²) in [5.74, 6) is 0.774. The van der Waals surface area contributed by atoms with Crippen LogP contribution in [0.15, 0.2) is 42.6 Å². The molecule has 31 heavy (non-hydrogen) atoms. The van der Waals surface area contributed by atoms with Gasteiger partial charge >= 0.3 is 0 Å². The van der Waals surface area contributed by atoms with Gasteiger partial charge in [-0.15, -0.1) is 0 Å². The summed E-state index contributed by atoms with van der Waals surface area (Å²) >= 11 is 0. The molecule has 0 fully saturated rings. The minimum Gasteiger partial charge on any atom is -0.457 e. The summed E-state index contributed by atoms with van der Waals surface area (Å²) in [5.41, 5.74) is 7.12. The van der Waals surface area contributed by atoms with Gasteiger partial charge in [0.05, 0.1) is 30.8 Å². The van der Waals surface area contributed by atoms with Crippen molar-refractivity contribution in [1.82, 2.24) is 15.1 Å². The fourth-order valence-corrected chi connectivity index (χ4v) is 3.36. The van der Waals surface area contributed by atoms with Gasteiger partial charge in [-0.2, -0.15) is 5.10 Å². The van der Waals surface area contributed by atoms with E-state index in [0.29, 0.717) is 35.9 Å². The Labute approximate surface area is 181 Å². The molecule has 0 unspecified atom stereocenters. The van der Waals surface area contributed by atoms with Crippen molar-refractivity contribution in [1.29, 1.82) is 0 Å². The molecule has 0 saturated heterocycles. The Morgan fingerprint density at radius 2 is 2.03 bits per heavy atom. The van der Waals surface area contributed by atoms with Crippen molar-refractivity contribution in [3.05, 3.63) is 54.0 Å². The number of carbonyl (C=O) groups is 1. The summed E-state index contributed by atoms with van der Waals surface area (Å²) in [6, 6.07) is 9.06. The van der Waals surface area contributed by atoms with Crippen LogP contribution in [0, 0.1) is 11.7 Å². The number of aliphatic hydroxyl groups excluding tert-OH is 1. The zero-order valence-corrected chi connectivity index (χ0v) is 17.8. The van der Waals surface area contributed by atoms with Crippen molar-refractivity contribution in [2.24, 2.45) is 11.7 Å². The van der Waals surface area contributed by atoms with Crippen LogP contribution in [0.2, 0.25) is 0 Å². The maximum absolute atomic E-state index is 13.3. The van der Waals surface area contributed by atoms with Crippen molar-refractivity contribution < 1.29 is 19.0 Å². The molecular weight excluding hydrogens is 399 g/mol. The molecule has 2 aromatic carbocycles. The monoisotopic (exact) mass is 428 g/mol. The number of amides is 1. The zero-order valence-electron chi connectivity index (χ0n) is 17.8. The summed E-state index contributed by atoms with van der Waals surface area (Å²) in [7, 11) is 0. The van der Waals surface area contributed by atoms with Crippen molar-refractivity contribution in [2.45, 2.75) is 39.3 Å². The van der Waals surface area contributed by atoms with E-state index in [9.17, 15) is 14.3 Å². The summed E-state index contributed by atoms with van der Waals surface area (Å²) < 4.78 is 21.2. The fourth-order valence-electron chi connectivity index (χ4n) is 3.36. The average molecular weight is 429 g/mol. The number of halogens is 1. The van der Waals surface area contributed by atoms with Gasteiger partial charge in [0.15, 0.2) is 0 Å². The number of aliphatic hydroxyl groups is 1. The van der Waals surface area contributed by atoms with E-state index in [2.05, 4.69) is 24.3 Å². The normalized spacial score (nSPS) is 12.3. The van der Waals surface area contributed by atoms with Crippen molar-refractivity contribution in [2.75, 3.05) is 13.2 Å². The summed E-state index contributed by atoms with van der Waals surface area (Å²) in [5, 5.41) is 17.6. The number of benzene rings is 2. The van der Waals surface area contributed by atoms with Gasteiger partial charge in [0, 0.05) is 17.5 Å². The molecule has 1 amide bonds. The Hall–Kier alpha value is -2.97. The SMILES string of the molecule is CC(C)Cn1ncc2cc(Oc3ccc(F)cc3)c(CC(=O)N[C@H](CO)CCN)cc21. The highest BCUT2D eigenvalue weighted by molar-refractivity contribution is 5.85. The van der Waals surface area contributed by atoms with Crippen molar-refractivity contribution >= 4 is 16.8 Å². The lowest BCUT2D eigenvalue weighted by molar-refractivity contribution is -0.121. The molecule has 0 spiro atoms. The molecule has 1 atom stereocenters. The zero-order chi connectivity index (χ0) is 22.4. The number of ether oxygens (including phenoxy) is 1. The fraction of sp³-hybridized carbons (Fsp3) is 0.391. The van der Waals surface area contributed by atoms with E-state index < -0.39 is 6.04 Å². The molecule has 0 bridgehead atoms. The summed E-state index contributed by atoms with van der Waals surface area (Å²) in [6.07, 6.45) is 2.31. The largest absolute Gasteiger partial charge is 0.457 e. The van der Waals surface area contributed by atoms with E-state index in [1.165, 1.54) is 24.3 Å². The number of nitrogens with one attached hydrogen (secondary N) is 1. The maximum Gasteiger partial charge on any atom is 0.224 e. The smallest absolute Gasteiger partial charge is 0.224 e. The molecule has 0 aliphatic heterocycles. The van der Waals surface area contributed by atoms with E-state index in [1.54, 1.807) is 6.20 Å². The third-order valence-electron chi connectivity index (χ3n) is 4.86. The van der Waals surface area contributed by atoms with Crippen LogP contribution < -0.4 is 15.8 Å². The van der Waals surface area contributed by atoms with Crippen LogP contribution in [0.5, 0.6) is 11.5 Å². The number of rotatable bonds is 10. The Morgan fingerprint density at radius 1 is 1.29 bits per heavy atom. The number of aromatic nitrogens is 2. The third-order valence-corrected chi connectivity index (χ3v) is 4.86. The number of nitrogens with two attached hydrogens (primary N) is 1. The van der Waals surface area contributed by atoms with Crippen LogP contribution in [0.25, 0.3) is 10.9 Å². The topological polar surface area (TPSA) is 102 Å². The quantitative estimate of drug-likeness (QED) is 0.461. The molecule has 7 nitrogen and oxygen atoms in total. The molecule has 1 heterocycles. The maximum atomic E-state index is 13.3. The highest BCUT2D eigenvalue weighted by Gasteiger charge is 2.17. The Bertz CT molecular complexity index is 1020. The minimum absolute atomic E-state index is 0.0560. The van der Waals surface area contributed by atoms with Crippen LogP contribution in [0.1, 0.15) is 25.8 Å². The lowest BCUT2D eigenvalue weighted by Crippen LogP contribution is -2.39. The van der Waals surface area contributed by atoms with Gasteiger partial charge in [0.25, 0.3) is 0 Å². The number of hydrogen-bond acceptors (Lipinski definition) is 5. The van der Waals surface area contributed by atoms with Gasteiger partial charge in [-0.05, 0) is 55.3 Å². The summed E-state index contributed by atoms with van der Waals surface area (Å²) in [4.78, 5) is 12.7. The Kier molecular flexibility index (Phi) is 7.59. The van der Waals surface area contributed by atoms with Crippen molar-refractivity contribution in [3.8, 4) is 11.5 Å². The first kappa shape index (κ1) is 22.7. The van der Waals surface area contributed by atoms with Crippen molar-refractivity contribution in [3.63, 3.8) is 0 Å². The number of nitrogens with zero attached hydrogens (tertiary/aromatic N) is 2. The number of carbonyl (C=O) groups excluding carboxylic acids is 1. The molecule has 3 aromatic rings. The van der Waals surface area contributed by atoms with E-state index in [-0.39, 0.29) is 24.8 Å². The van der Waals surface area contributed by atoms with Crippen LogP contribution in [0.4, 0.5) is 4.39 Å². The first-order valence-electron chi connectivity index (χ1n) is 10.4. The molecule has 1 aromatic heterocycles. The van der Waals surface area contributed by atoms with Crippen LogP contribution >= 0.6 is 0 Å². The van der Waals surface area contributed by atoms with Gasteiger partial charge in [-0.25, -0.2) is 4.39 Å². The Balaban J connectivity index is 1.93. The lowest BCUT2D eigenvalue weighted by Gasteiger charge is -2.17. The van der Waals surface area contributed by atoms with E-state index >= 15 is 0 Å². The van der Waals surface area contributed by atoms with Gasteiger partial charge in [-0.1, -0.05) is 13.8 Å². The van der Waals surface area contributed by atoms with E-state index in [0.717, 1.165) is 17.4 Å². The molecule has 0 aliphatic rings. The highest BCUT2D eigenvalue weighted by atomic mass is 19.1. The molecule has 0 aliphatic carbocycles. The number of hydrogen-bond donors (Lipinski definition) is 3.